The maximum Gasteiger partial charge on any atom is 0.472 e. The van der Waals surface area contributed by atoms with E-state index in [0.29, 0.717) is 25.7 Å². The van der Waals surface area contributed by atoms with Crippen molar-refractivity contribution in [2.75, 3.05) is 39.6 Å². The van der Waals surface area contributed by atoms with Crippen molar-refractivity contribution < 1.29 is 75.8 Å². The van der Waals surface area contributed by atoms with Crippen molar-refractivity contribution >= 4 is 33.6 Å². The summed E-state index contributed by atoms with van der Waals surface area (Å²) in [6, 6.07) is 0. The molecule has 0 aliphatic carbocycles. The van der Waals surface area contributed by atoms with Crippen LogP contribution in [0.4, 0.5) is 0 Å². The van der Waals surface area contributed by atoms with Crippen molar-refractivity contribution in [3.05, 3.63) is 182 Å². The third-order valence-corrected chi connectivity index (χ3v) is 19.0. The Kier molecular flexibility index (Phi) is 78.1. The molecule has 5 atom stereocenters. The third kappa shape index (κ3) is 83.4. The Morgan fingerprint density at radius 2 is 0.505 bits per heavy atom. The summed E-state index contributed by atoms with van der Waals surface area (Å²) in [6.45, 7) is 2.31. The molecule has 0 fully saturated rings. The summed E-state index contributed by atoms with van der Waals surface area (Å²) < 4.78 is 61.1. The van der Waals surface area contributed by atoms with Crippen LogP contribution in [0.15, 0.2) is 182 Å². The Bertz CT molecular complexity index is 2710. The number of allylic oxidation sites excluding steroid dienone is 30. The minimum absolute atomic E-state index is 0.0311. The van der Waals surface area contributed by atoms with E-state index in [2.05, 4.69) is 185 Å². The number of esters is 3. The fourth-order valence-electron chi connectivity index (χ4n) is 10.8. The van der Waals surface area contributed by atoms with Crippen LogP contribution in [0.3, 0.4) is 0 Å². The lowest BCUT2D eigenvalue weighted by Gasteiger charge is -2.21. The first-order valence-electron chi connectivity index (χ1n) is 42.1. The van der Waals surface area contributed by atoms with E-state index in [4.69, 9.17) is 32.3 Å². The van der Waals surface area contributed by atoms with Gasteiger partial charge in [-0.25, -0.2) is 9.13 Å². The lowest BCUT2D eigenvalue weighted by molar-refractivity contribution is -0.161. The van der Waals surface area contributed by atoms with E-state index in [1.807, 2.05) is 18.2 Å². The molecule has 0 saturated heterocycles. The fraction of sp³-hybridized carbons (Fsp3) is 0.637. The van der Waals surface area contributed by atoms with E-state index in [1.165, 1.54) is 109 Å². The first-order valence-corrected chi connectivity index (χ1v) is 45.1. The van der Waals surface area contributed by atoms with Gasteiger partial charge < -0.3 is 34.2 Å². The number of ether oxygens (including phenoxy) is 3. The molecule has 620 valence electrons. The van der Waals surface area contributed by atoms with Gasteiger partial charge in [-0.15, -0.1) is 0 Å². The van der Waals surface area contributed by atoms with Crippen LogP contribution >= 0.6 is 15.6 Å². The minimum atomic E-state index is -4.97. The summed E-state index contributed by atoms with van der Waals surface area (Å²) in [5, 5.41) is 20.7. The van der Waals surface area contributed by atoms with Gasteiger partial charge in [0.05, 0.1) is 26.4 Å². The Hall–Kier alpha value is -5.35. The summed E-state index contributed by atoms with van der Waals surface area (Å²) >= 11 is 0. The third-order valence-electron chi connectivity index (χ3n) is 17.1. The molecule has 4 N–H and O–H groups in total. The molecule has 0 heterocycles. The zero-order valence-corrected chi connectivity index (χ0v) is 69.7. The number of hydrogen-bond acceptors (Lipinski definition) is 14. The van der Waals surface area contributed by atoms with Gasteiger partial charge in [-0.2, -0.15) is 0 Å². The van der Waals surface area contributed by atoms with Gasteiger partial charge >= 0.3 is 33.6 Å². The average Bonchev–Trinajstić information content (AvgIpc) is 0.900. The number of phosphoric acid groups is 2. The molecule has 0 aliphatic heterocycles. The normalized spacial score (nSPS) is 14.8. The van der Waals surface area contributed by atoms with E-state index in [1.54, 1.807) is 0 Å². The topological polar surface area (TPSA) is 231 Å². The second-order valence-corrected chi connectivity index (χ2v) is 30.4. The smallest absolute Gasteiger partial charge is 0.463 e. The average molecular weight is 1560 g/mol. The van der Waals surface area contributed by atoms with Gasteiger partial charge in [0.1, 0.15) is 25.4 Å². The lowest BCUT2D eigenvalue weighted by atomic mass is 10.0. The molecule has 0 aromatic heterocycles. The molecular formula is C91H150O16P2. The number of phosphoric ester groups is 2. The van der Waals surface area contributed by atoms with Crippen molar-refractivity contribution in [3.63, 3.8) is 0 Å². The van der Waals surface area contributed by atoms with Crippen LogP contribution in [-0.2, 0) is 55.8 Å². The predicted octanol–water partition coefficient (Wildman–Crippen LogP) is 25.3. The molecule has 16 nitrogen and oxygen atoms in total. The van der Waals surface area contributed by atoms with Gasteiger partial charge in [-0.3, -0.25) is 32.5 Å². The number of aliphatic hydroxyl groups is 2. The largest absolute Gasteiger partial charge is 0.472 e. The monoisotopic (exact) mass is 1560 g/mol. The van der Waals surface area contributed by atoms with Crippen molar-refractivity contribution in [2.24, 2.45) is 0 Å². The van der Waals surface area contributed by atoms with E-state index >= 15 is 0 Å². The molecule has 0 bridgehead atoms. The van der Waals surface area contributed by atoms with Gasteiger partial charge in [-0.05, 0) is 148 Å². The number of rotatable bonds is 78. The van der Waals surface area contributed by atoms with Crippen LogP contribution in [0, 0.1) is 0 Å². The second-order valence-electron chi connectivity index (χ2n) is 27.5. The highest BCUT2D eigenvalue weighted by Crippen LogP contribution is 2.45. The van der Waals surface area contributed by atoms with Gasteiger partial charge in [0.25, 0.3) is 0 Å². The zero-order chi connectivity index (χ0) is 79.4. The first kappa shape index (κ1) is 104. The molecule has 109 heavy (non-hydrogen) atoms. The van der Waals surface area contributed by atoms with Gasteiger partial charge in [-0.1, -0.05) is 331 Å². The molecule has 0 saturated carbocycles. The summed E-state index contributed by atoms with van der Waals surface area (Å²) in [5.41, 5.74) is 0. The van der Waals surface area contributed by atoms with Crippen molar-refractivity contribution in [3.8, 4) is 0 Å². The second kappa shape index (κ2) is 82.1. The predicted molar refractivity (Wildman–Crippen MR) is 454 cm³/mol. The molecule has 0 aliphatic rings. The number of aliphatic hydroxyl groups excluding tert-OH is 2. The Morgan fingerprint density at radius 1 is 0.266 bits per heavy atom. The van der Waals surface area contributed by atoms with Crippen LogP contribution in [0.1, 0.15) is 316 Å². The van der Waals surface area contributed by atoms with E-state index in [0.717, 1.165) is 141 Å². The van der Waals surface area contributed by atoms with E-state index < -0.39 is 91.5 Å². The molecule has 0 amide bonds. The molecule has 5 unspecified atom stereocenters. The summed E-state index contributed by atoms with van der Waals surface area (Å²) in [4.78, 5) is 58.7. The molecule has 0 aromatic carbocycles. The number of hydrogen-bond donors (Lipinski definition) is 4. The Labute approximate surface area is 662 Å². The van der Waals surface area contributed by atoms with E-state index in [-0.39, 0.29) is 19.3 Å². The Balaban J connectivity index is 4.58. The Morgan fingerprint density at radius 3 is 0.807 bits per heavy atom. The standard InChI is InChI=1S/C91H150O16P2/c1-4-7-10-13-16-19-22-25-28-31-34-36-37-38-39-40-41-42-43-44-45-46-47-49-52-53-56-59-62-65-68-71-74-77-89(94)101-80-86(92)81-103-108(97,98)104-82-87(93)83-105-109(99,100)106-85-88(107-91(96)79-76-73-70-67-64-61-58-55-50-33-30-27-24-21-18-15-12-9-6-3)84-102-90(95)78-75-72-69-66-63-60-57-54-51-48-35-32-29-26-23-20-17-14-11-8-5-2/h7,9-10,12,16-21,25-30,34-36,38-39,48,50,54-55,57,61,64,70,73,86-88,92-93H,4-6,8,11,13-15,22-24,31-33,37,40-47,49,51-53,56,58-60,62-63,65-69,71-72,74-85H2,1-3H3,(H,97,98)(H,99,100)/b10-7-,12-9-,19-16-,20-17-,21-18-,28-25-,29-26-,30-27-,36-34-,39-38-,48-35-,55-50-,57-54-,64-61-,73-70-. The van der Waals surface area contributed by atoms with Crippen molar-refractivity contribution in [1.82, 2.24) is 0 Å². The highest BCUT2D eigenvalue weighted by Gasteiger charge is 2.29. The highest BCUT2D eigenvalue weighted by molar-refractivity contribution is 7.47. The molecule has 18 heteroatoms. The lowest BCUT2D eigenvalue weighted by Crippen LogP contribution is -2.29. The SMILES string of the molecule is CC/C=C\C/C=C\C/C=C\C/C=C\C/C=C\C/C=C\CCC(=O)OC(COC(=O)CCCCCCC/C=C\C/C=C\C/C=C\C/C=C\CCCCC)COP(=O)(O)OCC(O)COP(=O)(O)OCC(O)COC(=O)CCCCCCCCCCCCCCCCCCC/C=C\C/C=C\C/C=C\C/C=C\C/C=C\CC. The zero-order valence-electron chi connectivity index (χ0n) is 67.9. The first-order chi connectivity index (χ1) is 53.2. The number of carbonyl (C=O) groups is 3. The molecule has 0 radical (unpaired) electrons. The van der Waals surface area contributed by atoms with E-state index in [9.17, 15) is 43.5 Å². The van der Waals surface area contributed by atoms with Crippen molar-refractivity contribution in [1.29, 1.82) is 0 Å². The molecular weight excluding hydrogens is 1410 g/mol. The van der Waals surface area contributed by atoms with Gasteiger partial charge in [0, 0.05) is 19.3 Å². The van der Waals surface area contributed by atoms with Crippen LogP contribution in [0.5, 0.6) is 0 Å². The van der Waals surface area contributed by atoms with Crippen LogP contribution in [-0.4, -0.2) is 95.9 Å². The summed E-state index contributed by atoms with van der Waals surface area (Å²) in [5.74, 6) is -1.70. The number of unbranched alkanes of at least 4 members (excludes halogenated alkanes) is 25. The highest BCUT2D eigenvalue weighted by atomic mass is 31.2. The van der Waals surface area contributed by atoms with Crippen LogP contribution in [0.25, 0.3) is 0 Å². The van der Waals surface area contributed by atoms with Crippen LogP contribution in [0.2, 0.25) is 0 Å². The van der Waals surface area contributed by atoms with Crippen LogP contribution < -0.4 is 0 Å². The number of carbonyl (C=O) groups excluding carboxylic acids is 3. The van der Waals surface area contributed by atoms with Gasteiger partial charge in [0.15, 0.2) is 6.10 Å². The van der Waals surface area contributed by atoms with Crippen molar-refractivity contribution in [2.45, 2.75) is 334 Å². The minimum Gasteiger partial charge on any atom is -0.463 e. The van der Waals surface area contributed by atoms with Gasteiger partial charge in [0.2, 0.25) is 0 Å². The quantitative estimate of drug-likeness (QED) is 0.0146. The molecule has 0 rings (SSSR count). The summed E-state index contributed by atoms with van der Waals surface area (Å²) in [6.07, 6.45) is 107. The molecule has 0 spiro atoms. The fourth-order valence-corrected chi connectivity index (χ4v) is 12.4. The molecule has 0 aromatic rings. The maximum absolute atomic E-state index is 13.0. The summed E-state index contributed by atoms with van der Waals surface area (Å²) in [7, 11) is -9.84. The maximum atomic E-state index is 13.0.